The van der Waals surface area contributed by atoms with Crippen molar-refractivity contribution in [3.05, 3.63) is 35.9 Å². The van der Waals surface area contributed by atoms with Crippen LogP contribution in [0.4, 0.5) is 0 Å². The van der Waals surface area contributed by atoms with E-state index >= 15 is 0 Å². The second-order valence-electron chi connectivity index (χ2n) is 3.40. The molecule has 1 aromatic carbocycles. The van der Waals surface area contributed by atoms with E-state index in [1.54, 1.807) is 0 Å². The van der Waals surface area contributed by atoms with E-state index in [-0.39, 0.29) is 0 Å². The van der Waals surface area contributed by atoms with E-state index in [4.69, 9.17) is 0 Å². The minimum absolute atomic E-state index is 0.435. The molecule has 0 heterocycles. The van der Waals surface area contributed by atoms with Gasteiger partial charge in [-0.1, -0.05) is 37.3 Å². The maximum atomic E-state index is 9.87. The van der Waals surface area contributed by atoms with Gasteiger partial charge in [0, 0.05) is 0 Å². The summed E-state index contributed by atoms with van der Waals surface area (Å²) in [6.45, 7) is 2.08. The van der Waals surface area contributed by atoms with E-state index in [0.29, 0.717) is 5.92 Å². The zero-order valence-corrected chi connectivity index (χ0v) is 6.62. The largest absolute Gasteiger partial charge is 0.385 e. The first-order valence-electron chi connectivity index (χ1n) is 4.01. The van der Waals surface area contributed by atoms with Crippen molar-refractivity contribution < 1.29 is 5.11 Å². The van der Waals surface area contributed by atoms with Crippen molar-refractivity contribution in [2.45, 2.75) is 18.9 Å². The van der Waals surface area contributed by atoms with Crippen LogP contribution < -0.4 is 0 Å². The van der Waals surface area contributed by atoms with Gasteiger partial charge in [-0.2, -0.15) is 0 Å². The van der Waals surface area contributed by atoms with Gasteiger partial charge in [0.25, 0.3) is 0 Å². The lowest BCUT2D eigenvalue weighted by Crippen LogP contribution is -2.06. The highest BCUT2D eigenvalue weighted by Gasteiger charge is 2.50. The van der Waals surface area contributed by atoms with Crippen LogP contribution in [0.3, 0.4) is 0 Å². The van der Waals surface area contributed by atoms with Gasteiger partial charge in [0.05, 0.1) is 5.60 Å². The third kappa shape index (κ3) is 0.962. The molecule has 2 rings (SSSR count). The Hall–Kier alpha value is -0.820. The molecule has 1 aliphatic rings. The molecule has 0 aliphatic heterocycles. The first-order chi connectivity index (χ1) is 5.23. The molecule has 0 bridgehead atoms. The maximum Gasteiger partial charge on any atom is 0.0926 e. The SMILES string of the molecule is C[C@@H]1C[C@]1(O)c1ccccc1. The molecular weight excluding hydrogens is 136 g/mol. The molecule has 0 unspecified atom stereocenters. The molecule has 0 aromatic heterocycles. The van der Waals surface area contributed by atoms with Gasteiger partial charge in [-0.05, 0) is 17.9 Å². The summed E-state index contributed by atoms with van der Waals surface area (Å²) in [5.74, 6) is 0.435. The van der Waals surface area contributed by atoms with Crippen LogP contribution in [0.15, 0.2) is 30.3 Å². The summed E-state index contributed by atoms with van der Waals surface area (Å²) in [7, 11) is 0. The number of benzene rings is 1. The van der Waals surface area contributed by atoms with Crippen LogP contribution in [0.5, 0.6) is 0 Å². The molecule has 0 radical (unpaired) electrons. The fourth-order valence-electron chi connectivity index (χ4n) is 1.54. The van der Waals surface area contributed by atoms with Gasteiger partial charge in [0.1, 0.15) is 0 Å². The standard InChI is InChI=1S/C10H12O/c1-8-7-10(8,11)9-5-3-2-4-6-9/h2-6,8,11H,7H2,1H3/t8-,10-/m1/s1. The van der Waals surface area contributed by atoms with E-state index in [0.717, 1.165) is 12.0 Å². The molecule has 1 nitrogen and oxygen atoms in total. The van der Waals surface area contributed by atoms with Gasteiger partial charge in [-0.15, -0.1) is 0 Å². The zero-order valence-electron chi connectivity index (χ0n) is 6.62. The minimum atomic E-state index is -0.499. The predicted molar refractivity (Wildman–Crippen MR) is 44.1 cm³/mol. The van der Waals surface area contributed by atoms with E-state index < -0.39 is 5.60 Å². The highest BCUT2D eigenvalue weighted by atomic mass is 16.3. The van der Waals surface area contributed by atoms with Crippen LogP contribution in [-0.2, 0) is 5.60 Å². The zero-order chi connectivity index (χ0) is 7.90. The smallest absolute Gasteiger partial charge is 0.0926 e. The summed E-state index contributed by atoms with van der Waals surface area (Å²) >= 11 is 0. The molecule has 0 saturated heterocycles. The molecule has 1 N–H and O–H groups in total. The third-order valence-corrected chi connectivity index (χ3v) is 2.55. The molecule has 0 amide bonds. The third-order valence-electron chi connectivity index (χ3n) is 2.55. The van der Waals surface area contributed by atoms with Crippen LogP contribution in [-0.4, -0.2) is 5.11 Å². The summed E-state index contributed by atoms with van der Waals surface area (Å²) in [5.41, 5.74) is 0.564. The van der Waals surface area contributed by atoms with Crippen LogP contribution >= 0.6 is 0 Å². The van der Waals surface area contributed by atoms with Gasteiger partial charge in [0.15, 0.2) is 0 Å². The number of hydrogen-bond acceptors (Lipinski definition) is 1. The Morgan fingerprint density at radius 3 is 2.36 bits per heavy atom. The first kappa shape index (κ1) is 6.86. The Morgan fingerprint density at radius 1 is 1.36 bits per heavy atom. The van der Waals surface area contributed by atoms with E-state index in [1.807, 2.05) is 30.3 Å². The van der Waals surface area contributed by atoms with E-state index in [1.165, 1.54) is 0 Å². The fourth-order valence-corrected chi connectivity index (χ4v) is 1.54. The molecule has 2 atom stereocenters. The topological polar surface area (TPSA) is 20.2 Å². The van der Waals surface area contributed by atoms with Crippen molar-refractivity contribution in [1.82, 2.24) is 0 Å². The van der Waals surface area contributed by atoms with Crippen molar-refractivity contribution in [2.75, 3.05) is 0 Å². The molecule has 1 fully saturated rings. The predicted octanol–water partition coefficient (Wildman–Crippen LogP) is 1.91. The Bertz CT molecular complexity index is 255. The molecule has 11 heavy (non-hydrogen) atoms. The number of rotatable bonds is 1. The molecular formula is C10H12O. The fraction of sp³-hybridized carbons (Fsp3) is 0.400. The van der Waals surface area contributed by atoms with Gasteiger partial charge in [-0.3, -0.25) is 0 Å². The summed E-state index contributed by atoms with van der Waals surface area (Å²) in [5, 5.41) is 9.87. The Kier molecular flexibility index (Phi) is 1.30. The van der Waals surface area contributed by atoms with Gasteiger partial charge in [-0.25, -0.2) is 0 Å². The molecule has 0 spiro atoms. The summed E-state index contributed by atoms with van der Waals surface area (Å²) < 4.78 is 0. The average Bonchev–Trinajstić information content (AvgIpc) is 2.64. The molecule has 1 aromatic rings. The van der Waals surface area contributed by atoms with Crippen molar-refractivity contribution in [1.29, 1.82) is 0 Å². The molecule has 58 valence electrons. The van der Waals surface area contributed by atoms with Gasteiger partial charge in [0.2, 0.25) is 0 Å². The second-order valence-corrected chi connectivity index (χ2v) is 3.40. The average molecular weight is 148 g/mol. The number of aliphatic hydroxyl groups is 1. The van der Waals surface area contributed by atoms with Crippen LogP contribution in [0.2, 0.25) is 0 Å². The lowest BCUT2D eigenvalue weighted by molar-refractivity contribution is 0.135. The Morgan fingerprint density at radius 2 is 1.91 bits per heavy atom. The highest BCUT2D eigenvalue weighted by molar-refractivity contribution is 5.28. The monoisotopic (exact) mass is 148 g/mol. The summed E-state index contributed by atoms with van der Waals surface area (Å²) in [6, 6.07) is 9.89. The molecule has 1 heteroatoms. The second kappa shape index (κ2) is 2.08. The normalized spacial score (nSPS) is 35.3. The van der Waals surface area contributed by atoms with Crippen LogP contribution in [0, 0.1) is 5.92 Å². The van der Waals surface area contributed by atoms with Gasteiger partial charge < -0.3 is 5.11 Å². The minimum Gasteiger partial charge on any atom is -0.385 e. The van der Waals surface area contributed by atoms with Crippen molar-refractivity contribution in [2.24, 2.45) is 5.92 Å². The lowest BCUT2D eigenvalue weighted by atomic mass is 10.1. The first-order valence-corrected chi connectivity index (χ1v) is 4.01. The summed E-state index contributed by atoms with van der Waals surface area (Å²) in [4.78, 5) is 0. The Labute approximate surface area is 66.7 Å². The lowest BCUT2D eigenvalue weighted by Gasteiger charge is -2.07. The van der Waals surface area contributed by atoms with Crippen molar-refractivity contribution in [3.8, 4) is 0 Å². The number of hydrogen-bond donors (Lipinski definition) is 1. The van der Waals surface area contributed by atoms with E-state index in [2.05, 4.69) is 6.92 Å². The quantitative estimate of drug-likeness (QED) is 0.645. The summed E-state index contributed by atoms with van der Waals surface area (Å²) in [6.07, 6.45) is 0.914. The highest BCUT2D eigenvalue weighted by Crippen LogP contribution is 2.51. The Balaban J connectivity index is 2.32. The van der Waals surface area contributed by atoms with Crippen LogP contribution in [0.1, 0.15) is 18.9 Å². The van der Waals surface area contributed by atoms with Crippen molar-refractivity contribution in [3.63, 3.8) is 0 Å². The van der Waals surface area contributed by atoms with Crippen LogP contribution in [0.25, 0.3) is 0 Å². The molecule has 1 aliphatic carbocycles. The molecule has 1 saturated carbocycles. The van der Waals surface area contributed by atoms with Crippen molar-refractivity contribution >= 4 is 0 Å². The maximum absolute atomic E-state index is 9.87. The van der Waals surface area contributed by atoms with Gasteiger partial charge >= 0.3 is 0 Å². The van der Waals surface area contributed by atoms with E-state index in [9.17, 15) is 5.11 Å².